The molecular formula is C11H14O3. The molecule has 3 nitrogen and oxygen atoms in total. The molecule has 3 heteroatoms. The molecule has 0 heterocycles. The minimum absolute atomic E-state index is 1.09. The van der Waals surface area contributed by atoms with Crippen molar-refractivity contribution < 1.29 is 15.0 Å². The zero-order valence-corrected chi connectivity index (χ0v) is 8.10. The van der Waals surface area contributed by atoms with Crippen LogP contribution in [-0.2, 0) is 6.42 Å². The van der Waals surface area contributed by atoms with E-state index in [2.05, 4.69) is 31.7 Å². The molecule has 1 rings (SSSR count). The van der Waals surface area contributed by atoms with Gasteiger partial charge in [0.05, 0.1) is 0 Å². The Labute approximate surface area is 83.3 Å². The van der Waals surface area contributed by atoms with Gasteiger partial charge in [-0.15, -0.1) is 0 Å². The second-order valence-corrected chi connectivity index (χ2v) is 2.54. The topological polar surface area (TPSA) is 57.5 Å². The fraction of sp³-hybridized carbons (Fsp3) is 0.182. The lowest BCUT2D eigenvalue weighted by Gasteiger charge is -1.99. The van der Waals surface area contributed by atoms with E-state index in [0.717, 1.165) is 6.42 Å². The van der Waals surface area contributed by atoms with Crippen molar-refractivity contribution in [2.45, 2.75) is 13.3 Å². The Bertz CT molecular complexity index is 301. The number of aryl methyl sites for hydroxylation is 1. The number of benzene rings is 1. The average Bonchev–Trinajstić information content (AvgIpc) is 2.17. The van der Waals surface area contributed by atoms with Crippen LogP contribution in [0.25, 0.3) is 6.08 Å². The summed E-state index contributed by atoms with van der Waals surface area (Å²) in [6.07, 6.45) is 1.15. The van der Waals surface area contributed by atoms with E-state index in [1.807, 2.05) is 12.1 Å². The summed E-state index contributed by atoms with van der Waals surface area (Å²) in [4.78, 5) is 8.56. The summed E-state index contributed by atoms with van der Waals surface area (Å²) in [5, 5.41) is 13.9. The SMILES string of the molecule is C=Cc1ccccc1CC.O=C(O)O. The molecule has 0 aliphatic carbocycles. The van der Waals surface area contributed by atoms with Gasteiger partial charge in [-0.25, -0.2) is 4.79 Å². The highest BCUT2D eigenvalue weighted by molar-refractivity contribution is 5.53. The quantitative estimate of drug-likeness (QED) is 0.760. The maximum Gasteiger partial charge on any atom is 0.503 e. The third kappa shape index (κ3) is 4.98. The van der Waals surface area contributed by atoms with Gasteiger partial charge in [-0.05, 0) is 17.5 Å². The molecule has 0 atom stereocenters. The lowest BCUT2D eigenvalue weighted by molar-refractivity contribution is 0.137. The first-order valence-corrected chi connectivity index (χ1v) is 4.24. The Kier molecular flexibility index (Phi) is 5.87. The molecule has 0 fully saturated rings. The molecule has 0 aliphatic rings. The molecule has 1 aromatic carbocycles. The Morgan fingerprint density at radius 1 is 1.43 bits per heavy atom. The molecular weight excluding hydrogens is 180 g/mol. The first kappa shape index (κ1) is 12.2. The van der Waals surface area contributed by atoms with Gasteiger partial charge in [-0.1, -0.05) is 43.8 Å². The van der Waals surface area contributed by atoms with E-state index in [-0.39, 0.29) is 0 Å². The molecule has 1 aromatic rings. The summed E-state index contributed by atoms with van der Waals surface area (Å²) in [6.45, 7) is 5.89. The van der Waals surface area contributed by atoms with Crippen LogP contribution in [0.1, 0.15) is 18.1 Å². The Morgan fingerprint density at radius 2 is 1.93 bits per heavy atom. The maximum atomic E-state index is 8.56. The first-order chi connectivity index (χ1) is 6.61. The van der Waals surface area contributed by atoms with Gasteiger partial charge in [-0.3, -0.25) is 0 Å². The van der Waals surface area contributed by atoms with Crippen LogP contribution in [0.4, 0.5) is 4.79 Å². The van der Waals surface area contributed by atoms with Crippen LogP contribution in [0.3, 0.4) is 0 Å². The monoisotopic (exact) mass is 194 g/mol. The van der Waals surface area contributed by atoms with Crippen LogP contribution in [0.15, 0.2) is 30.8 Å². The third-order valence-electron chi connectivity index (χ3n) is 1.66. The van der Waals surface area contributed by atoms with Crippen molar-refractivity contribution in [1.82, 2.24) is 0 Å². The van der Waals surface area contributed by atoms with Crippen LogP contribution in [0.5, 0.6) is 0 Å². The molecule has 14 heavy (non-hydrogen) atoms. The Morgan fingerprint density at radius 3 is 2.29 bits per heavy atom. The van der Waals surface area contributed by atoms with Crippen LogP contribution in [-0.4, -0.2) is 16.4 Å². The van der Waals surface area contributed by atoms with E-state index >= 15 is 0 Å². The highest BCUT2D eigenvalue weighted by atomic mass is 16.6. The molecule has 0 unspecified atom stereocenters. The third-order valence-corrected chi connectivity index (χ3v) is 1.66. The molecule has 2 N–H and O–H groups in total. The van der Waals surface area contributed by atoms with E-state index in [1.54, 1.807) is 0 Å². The van der Waals surface area contributed by atoms with Crippen LogP contribution in [0.2, 0.25) is 0 Å². The number of rotatable bonds is 2. The Balaban J connectivity index is 0.000000364. The van der Waals surface area contributed by atoms with E-state index in [4.69, 9.17) is 15.0 Å². The minimum Gasteiger partial charge on any atom is -0.450 e. The van der Waals surface area contributed by atoms with Crippen LogP contribution < -0.4 is 0 Å². The summed E-state index contributed by atoms with van der Waals surface area (Å²) < 4.78 is 0. The average molecular weight is 194 g/mol. The zero-order valence-electron chi connectivity index (χ0n) is 8.10. The highest BCUT2D eigenvalue weighted by Gasteiger charge is 1.91. The molecule has 0 amide bonds. The lowest BCUT2D eigenvalue weighted by Crippen LogP contribution is -1.83. The summed E-state index contributed by atoms with van der Waals surface area (Å²) in [5.41, 5.74) is 2.63. The predicted octanol–water partition coefficient (Wildman–Crippen LogP) is 3.11. The van der Waals surface area contributed by atoms with Gasteiger partial charge >= 0.3 is 6.16 Å². The molecule has 0 aliphatic heterocycles. The molecule has 0 radical (unpaired) electrons. The van der Waals surface area contributed by atoms with Gasteiger partial charge in [-0.2, -0.15) is 0 Å². The summed E-state index contributed by atoms with van der Waals surface area (Å²) in [5.74, 6) is 0. The Hall–Kier alpha value is -1.77. The minimum atomic E-state index is -1.83. The zero-order chi connectivity index (χ0) is 11.0. The van der Waals surface area contributed by atoms with Gasteiger partial charge < -0.3 is 10.2 Å². The van der Waals surface area contributed by atoms with Crippen molar-refractivity contribution in [2.24, 2.45) is 0 Å². The number of hydrogen-bond donors (Lipinski definition) is 2. The number of hydrogen-bond acceptors (Lipinski definition) is 1. The van der Waals surface area contributed by atoms with Gasteiger partial charge in [0.15, 0.2) is 0 Å². The maximum absolute atomic E-state index is 8.56. The highest BCUT2D eigenvalue weighted by Crippen LogP contribution is 2.09. The van der Waals surface area contributed by atoms with E-state index in [0.29, 0.717) is 0 Å². The van der Waals surface area contributed by atoms with Crippen LogP contribution >= 0.6 is 0 Å². The first-order valence-electron chi connectivity index (χ1n) is 4.24. The van der Waals surface area contributed by atoms with Crippen molar-refractivity contribution in [2.75, 3.05) is 0 Å². The standard InChI is InChI=1S/C10H12.CH2O3/c1-3-9-7-5-6-8-10(9)4-2;2-1(3)4/h3,5-8H,1,4H2,2H3;(H2,2,3,4). The van der Waals surface area contributed by atoms with Gasteiger partial charge in [0.2, 0.25) is 0 Å². The molecule has 0 saturated heterocycles. The van der Waals surface area contributed by atoms with Gasteiger partial charge in [0, 0.05) is 0 Å². The number of carbonyl (C=O) groups is 1. The van der Waals surface area contributed by atoms with Crippen molar-refractivity contribution in [1.29, 1.82) is 0 Å². The smallest absolute Gasteiger partial charge is 0.450 e. The molecule has 0 aromatic heterocycles. The van der Waals surface area contributed by atoms with E-state index in [9.17, 15) is 0 Å². The molecule has 0 spiro atoms. The predicted molar refractivity (Wildman–Crippen MR) is 56.6 cm³/mol. The van der Waals surface area contributed by atoms with Crippen molar-refractivity contribution in [3.8, 4) is 0 Å². The van der Waals surface area contributed by atoms with Gasteiger partial charge in [0.25, 0.3) is 0 Å². The fourth-order valence-corrected chi connectivity index (χ4v) is 1.06. The largest absolute Gasteiger partial charge is 0.503 e. The van der Waals surface area contributed by atoms with Gasteiger partial charge in [0.1, 0.15) is 0 Å². The number of carboxylic acid groups (broad SMARTS) is 2. The second-order valence-electron chi connectivity index (χ2n) is 2.54. The van der Waals surface area contributed by atoms with Crippen molar-refractivity contribution in [3.05, 3.63) is 42.0 Å². The fourth-order valence-electron chi connectivity index (χ4n) is 1.06. The van der Waals surface area contributed by atoms with E-state index in [1.165, 1.54) is 11.1 Å². The summed E-state index contributed by atoms with van der Waals surface area (Å²) >= 11 is 0. The lowest BCUT2D eigenvalue weighted by atomic mass is 10.1. The van der Waals surface area contributed by atoms with Crippen LogP contribution in [0, 0.1) is 0 Å². The second kappa shape index (κ2) is 6.71. The summed E-state index contributed by atoms with van der Waals surface area (Å²) in [7, 11) is 0. The van der Waals surface area contributed by atoms with E-state index < -0.39 is 6.16 Å². The van der Waals surface area contributed by atoms with Crippen molar-refractivity contribution in [3.63, 3.8) is 0 Å². The normalized spacial score (nSPS) is 8.36. The molecule has 0 saturated carbocycles. The van der Waals surface area contributed by atoms with Crippen molar-refractivity contribution >= 4 is 12.2 Å². The molecule has 76 valence electrons. The molecule has 0 bridgehead atoms. The summed E-state index contributed by atoms with van der Waals surface area (Å²) in [6, 6.07) is 8.32.